The Morgan fingerprint density at radius 2 is 1.64 bits per heavy atom. The Balaban J connectivity index is 1.75. The molecule has 0 atom stereocenters. The number of carbonyl (C=O) groups is 1. The van der Waals surface area contributed by atoms with E-state index in [1.165, 1.54) is 11.6 Å². The number of furan rings is 1. The van der Waals surface area contributed by atoms with Crippen molar-refractivity contribution in [1.82, 2.24) is 0 Å². The Hall–Kier alpha value is -2.87. The van der Waals surface area contributed by atoms with Gasteiger partial charge in [-0.25, -0.2) is 0 Å². The first-order valence-corrected chi connectivity index (χ1v) is 7.17. The average Bonchev–Trinajstić information content (AvgIpc) is 3.03. The summed E-state index contributed by atoms with van der Waals surface area (Å²) in [4.78, 5) is 12.0. The molecular weight excluding hydrogens is 272 g/mol. The van der Waals surface area contributed by atoms with Gasteiger partial charge in [-0.1, -0.05) is 60.2 Å². The molecule has 0 amide bonds. The van der Waals surface area contributed by atoms with Crippen LogP contribution in [0.3, 0.4) is 0 Å². The van der Waals surface area contributed by atoms with Gasteiger partial charge in [0.25, 0.3) is 0 Å². The Kier molecular flexibility index (Phi) is 4.01. The Morgan fingerprint density at radius 1 is 0.909 bits per heavy atom. The highest BCUT2D eigenvalue weighted by molar-refractivity contribution is 6.06. The number of rotatable bonds is 4. The molecule has 0 aliphatic rings. The number of hydrogen-bond donors (Lipinski definition) is 0. The van der Waals surface area contributed by atoms with E-state index in [4.69, 9.17) is 4.42 Å². The minimum absolute atomic E-state index is 0.0334. The van der Waals surface area contributed by atoms with Crippen molar-refractivity contribution in [2.24, 2.45) is 0 Å². The molecule has 3 aromatic rings. The molecule has 0 bridgehead atoms. The highest BCUT2D eigenvalue weighted by Crippen LogP contribution is 2.23. The molecule has 3 rings (SSSR count). The quantitative estimate of drug-likeness (QED) is 0.491. The monoisotopic (exact) mass is 288 g/mol. The predicted octanol–water partition coefficient (Wildman–Crippen LogP) is 5.15. The first-order valence-electron chi connectivity index (χ1n) is 7.17. The van der Waals surface area contributed by atoms with Crippen molar-refractivity contribution in [3.63, 3.8) is 0 Å². The van der Waals surface area contributed by atoms with Crippen LogP contribution in [0.15, 0.2) is 77.2 Å². The van der Waals surface area contributed by atoms with Gasteiger partial charge in [-0.15, -0.1) is 0 Å². The molecule has 0 aliphatic carbocycles. The molecule has 2 nitrogen and oxygen atoms in total. The van der Waals surface area contributed by atoms with E-state index in [2.05, 4.69) is 6.92 Å². The maximum atomic E-state index is 12.0. The van der Waals surface area contributed by atoms with Crippen molar-refractivity contribution in [2.45, 2.75) is 6.92 Å². The molecule has 0 aliphatic heterocycles. The summed E-state index contributed by atoms with van der Waals surface area (Å²) >= 11 is 0. The molecule has 0 fully saturated rings. The molecule has 2 heteroatoms. The van der Waals surface area contributed by atoms with Crippen molar-refractivity contribution in [3.05, 3.63) is 89.7 Å². The molecule has 108 valence electrons. The lowest BCUT2D eigenvalue weighted by Gasteiger charge is -1.97. The summed E-state index contributed by atoms with van der Waals surface area (Å²) in [7, 11) is 0. The smallest absolute Gasteiger partial charge is 0.185 e. The summed E-state index contributed by atoms with van der Waals surface area (Å²) in [5, 5.41) is 0. The summed E-state index contributed by atoms with van der Waals surface area (Å²) in [6, 6.07) is 21.1. The van der Waals surface area contributed by atoms with Crippen molar-refractivity contribution in [1.29, 1.82) is 0 Å². The maximum Gasteiger partial charge on any atom is 0.185 e. The fourth-order valence-corrected chi connectivity index (χ4v) is 2.17. The number of aryl methyl sites for hydroxylation is 1. The Labute approximate surface area is 129 Å². The second kappa shape index (κ2) is 6.27. The summed E-state index contributed by atoms with van der Waals surface area (Å²) < 4.78 is 5.76. The van der Waals surface area contributed by atoms with Gasteiger partial charge in [-0.05, 0) is 31.2 Å². The van der Waals surface area contributed by atoms with Crippen LogP contribution >= 0.6 is 0 Å². The molecule has 1 aromatic heterocycles. The molecule has 0 radical (unpaired) electrons. The van der Waals surface area contributed by atoms with Gasteiger partial charge in [0, 0.05) is 11.1 Å². The topological polar surface area (TPSA) is 30.2 Å². The third kappa shape index (κ3) is 3.23. The zero-order chi connectivity index (χ0) is 15.4. The van der Waals surface area contributed by atoms with Crippen LogP contribution in [-0.4, -0.2) is 5.78 Å². The predicted molar refractivity (Wildman–Crippen MR) is 88.7 cm³/mol. The number of hydrogen-bond acceptors (Lipinski definition) is 2. The van der Waals surface area contributed by atoms with Gasteiger partial charge in [0.15, 0.2) is 5.78 Å². The van der Waals surface area contributed by atoms with E-state index < -0.39 is 0 Å². The average molecular weight is 288 g/mol. The molecule has 2 aromatic carbocycles. The third-order valence-electron chi connectivity index (χ3n) is 3.42. The first kappa shape index (κ1) is 14.1. The zero-order valence-electron chi connectivity index (χ0n) is 12.3. The van der Waals surface area contributed by atoms with E-state index in [-0.39, 0.29) is 5.78 Å². The summed E-state index contributed by atoms with van der Waals surface area (Å²) in [6.07, 6.45) is 3.24. The van der Waals surface area contributed by atoms with E-state index in [0.29, 0.717) is 11.3 Å². The van der Waals surface area contributed by atoms with Crippen molar-refractivity contribution < 1.29 is 9.21 Å². The first-order chi connectivity index (χ1) is 10.7. The molecule has 0 unspecified atom stereocenters. The summed E-state index contributed by atoms with van der Waals surface area (Å²) in [5.41, 5.74) is 2.91. The Bertz CT molecular complexity index is 793. The van der Waals surface area contributed by atoms with E-state index in [1.54, 1.807) is 18.2 Å². The van der Waals surface area contributed by atoms with Crippen molar-refractivity contribution in [3.8, 4) is 11.3 Å². The highest BCUT2D eigenvalue weighted by atomic mass is 16.3. The van der Waals surface area contributed by atoms with E-state index >= 15 is 0 Å². The summed E-state index contributed by atoms with van der Waals surface area (Å²) in [5.74, 6) is 1.43. The van der Waals surface area contributed by atoms with E-state index in [1.807, 2.05) is 54.6 Å². The minimum atomic E-state index is -0.0334. The van der Waals surface area contributed by atoms with Crippen LogP contribution in [0.4, 0.5) is 0 Å². The van der Waals surface area contributed by atoms with Gasteiger partial charge in [0.2, 0.25) is 0 Å². The summed E-state index contributed by atoms with van der Waals surface area (Å²) in [6.45, 7) is 2.05. The maximum absolute atomic E-state index is 12.0. The number of ketones is 1. The largest absolute Gasteiger partial charge is 0.457 e. The second-order valence-electron chi connectivity index (χ2n) is 5.13. The second-order valence-corrected chi connectivity index (χ2v) is 5.13. The standard InChI is InChI=1S/C20H16O2/c1-15-7-9-17(10-8-15)20-14-12-18(22-20)11-13-19(21)16-5-3-2-4-6-16/h2-14H,1H3/b13-11+. The van der Waals surface area contributed by atoms with Gasteiger partial charge in [-0.3, -0.25) is 4.79 Å². The highest BCUT2D eigenvalue weighted by Gasteiger charge is 2.04. The SMILES string of the molecule is Cc1ccc(-c2ccc(/C=C/C(=O)c3ccccc3)o2)cc1. The van der Waals surface area contributed by atoms with Crippen LogP contribution in [0.5, 0.6) is 0 Å². The molecular formula is C20H16O2. The van der Waals surface area contributed by atoms with Gasteiger partial charge >= 0.3 is 0 Å². The van der Waals surface area contributed by atoms with Gasteiger partial charge in [-0.2, -0.15) is 0 Å². The molecule has 1 heterocycles. The minimum Gasteiger partial charge on any atom is -0.457 e. The van der Waals surface area contributed by atoms with Crippen LogP contribution in [-0.2, 0) is 0 Å². The van der Waals surface area contributed by atoms with Crippen LogP contribution < -0.4 is 0 Å². The van der Waals surface area contributed by atoms with Crippen LogP contribution in [0.1, 0.15) is 21.7 Å². The number of carbonyl (C=O) groups excluding carboxylic acids is 1. The number of allylic oxidation sites excluding steroid dienone is 1. The Morgan fingerprint density at radius 3 is 2.36 bits per heavy atom. The lowest BCUT2D eigenvalue weighted by molar-refractivity contribution is 0.104. The fourth-order valence-electron chi connectivity index (χ4n) is 2.17. The lowest BCUT2D eigenvalue weighted by atomic mass is 10.1. The lowest BCUT2D eigenvalue weighted by Crippen LogP contribution is -1.92. The molecule has 0 saturated carbocycles. The van der Waals surface area contributed by atoms with Crippen molar-refractivity contribution in [2.75, 3.05) is 0 Å². The molecule has 22 heavy (non-hydrogen) atoms. The van der Waals surface area contributed by atoms with Gasteiger partial charge < -0.3 is 4.42 Å². The third-order valence-corrected chi connectivity index (χ3v) is 3.42. The zero-order valence-corrected chi connectivity index (χ0v) is 12.3. The van der Waals surface area contributed by atoms with Crippen LogP contribution in [0.2, 0.25) is 0 Å². The normalized spacial score (nSPS) is 11.0. The van der Waals surface area contributed by atoms with E-state index in [0.717, 1.165) is 11.3 Å². The van der Waals surface area contributed by atoms with E-state index in [9.17, 15) is 4.79 Å². The van der Waals surface area contributed by atoms with Crippen LogP contribution in [0.25, 0.3) is 17.4 Å². The van der Waals surface area contributed by atoms with Gasteiger partial charge in [0.05, 0.1) is 0 Å². The molecule has 0 spiro atoms. The van der Waals surface area contributed by atoms with Crippen LogP contribution in [0, 0.1) is 6.92 Å². The number of benzene rings is 2. The molecule has 0 saturated heterocycles. The fraction of sp³-hybridized carbons (Fsp3) is 0.0500. The van der Waals surface area contributed by atoms with Gasteiger partial charge in [0.1, 0.15) is 11.5 Å². The van der Waals surface area contributed by atoms with Crippen molar-refractivity contribution >= 4 is 11.9 Å². The molecule has 0 N–H and O–H groups in total.